The molecule has 1 atom stereocenters. The summed E-state index contributed by atoms with van der Waals surface area (Å²) < 4.78 is 2.33. The molecule has 0 aliphatic carbocycles. The van der Waals surface area contributed by atoms with E-state index in [1.807, 2.05) is 0 Å². The molecule has 2 aromatic rings. The molecule has 0 radical (unpaired) electrons. The number of anilines is 1. The van der Waals surface area contributed by atoms with E-state index in [1.165, 1.54) is 42.8 Å². The molecular formula is C32H48N6O. The van der Waals surface area contributed by atoms with Crippen LogP contribution in [0.3, 0.4) is 0 Å². The van der Waals surface area contributed by atoms with E-state index >= 15 is 0 Å². The summed E-state index contributed by atoms with van der Waals surface area (Å²) in [4.78, 5) is 21.5. The molecule has 5 rings (SSSR count). The zero-order chi connectivity index (χ0) is 27.8. The fraction of sp³-hybridized carbons (Fsp3) is 0.594. The molecule has 7 heteroatoms. The molecule has 3 aliphatic rings. The minimum atomic E-state index is 0.00944. The number of aryl methyl sites for hydroxylation is 1. The van der Waals surface area contributed by atoms with Gasteiger partial charge in [0, 0.05) is 73.8 Å². The fourth-order valence-corrected chi connectivity index (χ4v) is 6.86. The number of allylic oxidation sites excluding steroid dienone is 3. The van der Waals surface area contributed by atoms with Crippen LogP contribution >= 0.6 is 0 Å². The Hall–Kier alpha value is -2.77. The lowest BCUT2D eigenvalue weighted by molar-refractivity contribution is 0.0958. The summed E-state index contributed by atoms with van der Waals surface area (Å²) in [6.45, 7) is 20.1. The normalized spacial score (nSPS) is 22.0. The number of piperazine rings is 1. The molecule has 1 aromatic heterocycles. The molecule has 212 valence electrons. The number of hydrogen-bond acceptors (Lipinski definition) is 5. The molecule has 2 fully saturated rings. The fourth-order valence-electron chi connectivity index (χ4n) is 6.86. The number of nitrogens with zero attached hydrogens (tertiary/aromatic N) is 4. The van der Waals surface area contributed by atoms with Crippen molar-refractivity contribution in [3.8, 4) is 0 Å². The van der Waals surface area contributed by atoms with E-state index in [2.05, 4.69) is 103 Å². The van der Waals surface area contributed by atoms with Gasteiger partial charge in [0.05, 0.1) is 11.1 Å². The van der Waals surface area contributed by atoms with Crippen LogP contribution in [-0.2, 0) is 0 Å². The summed E-state index contributed by atoms with van der Waals surface area (Å²) >= 11 is 0. The zero-order valence-corrected chi connectivity index (χ0v) is 25.1. The first-order chi connectivity index (χ1) is 18.6. The van der Waals surface area contributed by atoms with Crippen molar-refractivity contribution in [1.29, 1.82) is 0 Å². The highest BCUT2D eigenvalue weighted by molar-refractivity contribution is 6.09. The molecule has 2 saturated heterocycles. The number of amides is 1. The molecule has 7 nitrogen and oxygen atoms in total. The highest BCUT2D eigenvalue weighted by Crippen LogP contribution is 2.33. The third-order valence-electron chi connectivity index (χ3n) is 9.14. The van der Waals surface area contributed by atoms with E-state index in [1.54, 1.807) is 0 Å². The van der Waals surface area contributed by atoms with E-state index < -0.39 is 0 Å². The van der Waals surface area contributed by atoms with Crippen molar-refractivity contribution in [1.82, 2.24) is 25.0 Å². The first kappa shape index (κ1) is 27.8. The number of carbonyl (C=O) groups excluding carboxylic acids is 1. The van der Waals surface area contributed by atoms with Gasteiger partial charge in [-0.15, -0.1) is 0 Å². The van der Waals surface area contributed by atoms with Gasteiger partial charge in [0.25, 0.3) is 5.91 Å². The minimum absolute atomic E-state index is 0.00944. The van der Waals surface area contributed by atoms with Crippen molar-refractivity contribution in [3.05, 3.63) is 52.4 Å². The van der Waals surface area contributed by atoms with Gasteiger partial charge in [0.1, 0.15) is 0 Å². The van der Waals surface area contributed by atoms with Crippen LogP contribution in [0.4, 0.5) is 5.69 Å². The number of benzene rings is 1. The highest BCUT2D eigenvalue weighted by atomic mass is 16.1. The average Bonchev–Trinajstić information content (AvgIpc) is 3.24. The van der Waals surface area contributed by atoms with Crippen LogP contribution in [0.2, 0.25) is 0 Å². The second kappa shape index (κ2) is 11.4. The van der Waals surface area contributed by atoms with Crippen LogP contribution in [0, 0.1) is 6.92 Å². The van der Waals surface area contributed by atoms with Gasteiger partial charge >= 0.3 is 0 Å². The number of rotatable bonds is 6. The van der Waals surface area contributed by atoms with Crippen molar-refractivity contribution in [2.75, 3.05) is 57.8 Å². The van der Waals surface area contributed by atoms with Crippen molar-refractivity contribution in [2.45, 2.75) is 72.5 Å². The summed E-state index contributed by atoms with van der Waals surface area (Å²) in [6, 6.07) is 5.71. The topological polar surface area (TPSA) is 55.8 Å². The molecule has 1 unspecified atom stereocenters. The van der Waals surface area contributed by atoms with E-state index in [-0.39, 0.29) is 11.9 Å². The SMILES string of the molecule is CC1=CC(C)=C(CNC(=O)c2cc(N3CCN(C4CCN(C)CC4)CC3)cc3c2c(C)cn3C(C)C)C(C)N1. The maximum Gasteiger partial charge on any atom is 0.252 e. The Kier molecular flexibility index (Phi) is 8.11. The molecule has 0 bridgehead atoms. The number of carbonyl (C=O) groups is 1. The summed E-state index contributed by atoms with van der Waals surface area (Å²) in [6.07, 6.45) is 6.92. The summed E-state index contributed by atoms with van der Waals surface area (Å²) in [7, 11) is 2.23. The summed E-state index contributed by atoms with van der Waals surface area (Å²) in [5.74, 6) is 0.00944. The molecule has 2 N–H and O–H groups in total. The lowest BCUT2D eigenvalue weighted by Crippen LogP contribution is -2.53. The predicted molar refractivity (Wildman–Crippen MR) is 163 cm³/mol. The smallest absolute Gasteiger partial charge is 0.252 e. The van der Waals surface area contributed by atoms with Crippen LogP contribution in [0.15, 0.2) is 41.2 Å². The van der Waals surface area contributed by atoms with Crippen LogP contribution in [0.5, 0.6) is 0 Å². The van der Waals surface area contributed by atoms with Crippen LogP contribution in [-0.4, -0.2) is 85.2 Å². The van der Waals surface area contributed by atoms with E-state index in [0.29, 0.717) is 18.6 Å². The quantitative estimate of drug-likeness (QED) is 0.566. The largest absolute Gasteiger partial charge is 0.382 e. The monoisotopic (exact) mass is 532 g/mol. The van der Waals surface area contributed by atoms with Crippen LogP contribution < -0.4 is 15.5 Å². The van der Waals surface area contributed by atoms with Crippen molar-refractivity contribution >= 4 is 22.5 Å². The van der Waals surface area contributed by atoms with E-state index in [4.69, 9.17) is 0 Å². The number of likely N-dealkylation sites (tertiary alicyclic amines) is 1. The average molecular weight is 533 g/mol. The number of hydrogen-bond donors (Lipinski definition) is 2. The number of dihydropyridines is 1. The van der Waals surface area contributed by atoms with Gasteiger partial charge in [-0.2, -0.15) is 0 Å². The number of aromatic nitrogens is 1. The van der Waals surface area contributed by atoms with Gasteiger partial charge in [0.2, 0.25) is 0 Å². The number of piperidine rings is 1. The van der Waals surface area contributed by atoms with Crippen molar-refractivity contribution in [3.63, 3.8) is 0 Å². The van der Waals surface area contributed by atoms with Gasteiger partial charge in [-0.3, -0.25) is 9.69 Å². The van der Waals surface area contributed by atoms with E-state index in [0.717, 1.165) is 53.9 Å². The van der Waals surface area contributed by atoms with Gasteiger partial charge < -0.3 is 25.0 Å². The third kappa shape index (κ3) is 5.75. The predicted octanol–water partition coefficient (Wildman–Crippen LogP) is 4.69. The second-order valence-electron chi connectivity index (χ2n) is 12.3. The van der Waals surface area contributed by atoms with Gasteiger partial charge in [-0.25, -0.2) is 0 Å². The molecule has 1 amide bonds. The minimum Gasteiger partial charge on any atom is -0.382 e. The molecule has 39 heavy (non-hydrogen) atoms. The Morgan fingerprint density at radius 2 is 1.74 bits per heavy atom. The lowest BCUT2D eigenvalue weighted by Gasteiger charge is -2.43. The molecular weight excluding hydrogens is 484 g/mol. The molecule has 0 saturated carbocycles. The Morgan fingerprint density at radius 1 is 1.05 bits per heavy atom. The number of nitrogens with one attached hydrogen (secondary N) is 2. The summed E-state index contributed by atoms with van der Waals surface area (Å²) in [5, 5.41) is 7.85. The zero-order valence-electron chi connectivity index (χ0n) is 25.1. The Labute approximate surface area is 234 Å². The maximum absolute atomic E-state index is 13.8. The van der Waals surface area contributed by atoms with Crippen molar-refractivity contribution in [2.24, 2.45) is 0 Å². The van der Waals surface area contributed by atoms with Gasteiger partial charge in [-0.1, -0.05) is 0 Å². The maximum atomic E-state index is 13.8. The van der Waals surface area contributed by atoms with Crippen LogP contribution in [0.1, 0.15) is 69.4 Å². The standard InChI is InChI=1S/C32H48N6O/c1-21(2)38-20-23(4)31-28(32(39)33-19-29-22(3)16-24(5)34-25(29)6)17-27(18-30(31)38)37-14-12-36(13-15-37)26-8-10-35(7)11-9-26/h16-18,20-21,25-26,34H,8-15,19H2,1-7H3,(H,33,39). The molecule has 3 aliphatic heterocycles. The first-order valence-electron chi connectivity index (χ1n) is 14.9. The molecule has 0 spiro atoms. The number of fused-ring (bicyclic) bond motifs is 1. The highest BCUT2D eigenvalue weighted by Gasteiger charge is 2.28. The Morgan fingerprint density at radius 3 is 2.38 bits per heavy atom. The van der Waals surface area contributed by atoms with Crippen molar-refractivity contribution < 1.29 is 4.79 Å². The third-order valence-corrected chi connectivity index (χ3v) is 9.14. The second-order valence-corrected chi connectivity index (χ2v) is 12.3. The first-order valence-corrected chi connectivity index (χ1v) is 14.9. The summed E-state index contributed by atoms with van der Waals surface area (Å²) in [5.41, 5.74) is 7.92. The van der Waals surface area contributed by atoms with Gasteiger partial charge in [0.15, 0.2) is 0 Å². The van der Waals surface area contributed by atoms with E-state index in [9.17, 15) is 4.79 Å². The van der Waals surface area contributed by atoms with Crippen LogP contribution in [0.25, 0.3) is 10.9 Å². The Bertz CT molecular complexity index is 1270. The van der Waals surface area contributed by atoms with Gasteiger partial charge in [-0.05, 0) is 109 Å². The lowest BCUT2D eigenvalue weighted by atomic mass is 9.97. The Balaban J connectivity index is 1.40. The molecule has 1 aromatic carbocycles. The molecule has 4 heterocycles.